The molecule has 2 aliphatic rings. The van der Waals surface area contributed by atoms with Crippen molar-refractivity contribution in [3.05, 3.63) is 35.9 Å². The summed E-state index contributed by atoms with van der Waals surface area (Å²) in [5.41, 5.74) is 6.68. The Bertz CT molecular complexity index is 474. The number of hydrogen-bond donors (Lipinski definition) is 1. The van der Waals surface area contributed by atoms with Crippen LogP contribution >= 0.6 is 0 Å². The van der Waals surface area contributed by atoms with Crippen LogP contribution in [-0.4, -0.2) is 54.7 Å². The minimum Gasteiger partial charge on any atom is -0.445 e. The minimum atomic E-state index is -0.197. The highest BCUT2D eigenvalue weighted by Gasteiger charge is 2.36. The standard InChI is InChI=1S/C16H23N3O2/c17-8-14-9-19(10-14)15-6-7-18(11-15)16(20)21-12-13-4-2-1-3-5-13/h1-5,14-15H,6-12,17H2/t15-/m0/s1. The van der Waals surface area contributed by atoms with E-state index in [1.807, 2.05) is 35.2 Å². The number of likely N-dealkylation sites (tertiary alicyclic amines) is 2. The van der Waals surface area contributed by atoms with Crippen molar-refractivity contribution in [3.63, 3.8) is 0 Å². The van der Waals surface area contributed by atoms with E-state index in [4.69, 9.17) is 10.5 Å². The maximum absolute atomic E-state index is 12.1. The molecule has 0 spiro atoms. The van der Waals surface area contributed by atoms with Crippen LogP contribution < -0.4 is 5.73 Å². The fraction of sp³-hybridized carbons (Fsp3) is 0.562. The molecule has 2 fully saturated rings. The van der Waals surface area contributed by atoms with Crippen LogP contribution in [0.2, 0.25) is 0 Å². The van der Waals surface area contributed by atoms with Gasteiger partial charge in [0.1, 0.15) is 6.61 Å². The molecule has 0 aromatic heterocycles. The molecule has 0 bridgehead atoms. The van der Waals surface area contributed by atoms with Gasteiger partial charge in [-0.05, 0) is 24.4 Å². The van der Waals surface area contributed by atoms with Gasteiger partial charge in [-0.2, -0.15) is 0 Å². The summed E-state index contributed by atoms with van der Waals surface area (Å²) in [7, 11) is 0. The number of carbonyl (C=O) groups is 1. The Labute approximate surface area is 125 Å². The molecule has 2 N–H and O–H groups in total. The lowest BCUT2D eigenvalue weighted by Gasteiger charge is -2.42. The fourth-order valence-electron chi connectivity index (χ4n) is 3.07. The van der Waals surface area contributed by atoms with Crippen molar-refractivity contribution in [2.45, 2.75) is 19.1 Å². The third kappa shape index (κ3) is 3.36. The smallest absolute Gasteiger partial charge is 0.410 e. The minimum absolute atomic E-state index is 0.197. The first-order chi connectivity index (χ1) is 10.3. The fourth-order valence-corrected chi connectivity index (χ4v) is 3.07. The number of hydrogen-bond acceptors (Lipinski definition) is 4. The molecular weight excluding hydrogens is 266 g/mol. The summed E-state index contributed by atoms with van der Waals surface area (Å²) in [6, 6.07) is 10.3. The van der Waals surface area contributed by atoms with E-state index in [2.05, 4.69) is 4.90 Å². The first-order valence-corrected chi connectivity index (χ1v) is 7.66. The molecule has 2 aliphatic heterocycles. The van der Waals surface area contributed by atoms with E-state index in [0.29, 0.717) is 18.6 Å². The van der Waals surface area contributed by atoms with Crippen LogP contribution in [-0.2, 0) is 11.3 Å². The van der Waals surface area contributed by atoms with E-state index in [1.165, 1.54) is 0 Å². The molecule has 5 heteroatoms. The molecule has 0 unspecified atom stereocenters. The van der Waals surface area contributed by atoms with Crippen molar-refractivity contribution in [2.75, 3.05) is 32.7 Å². The van der Waals surface area contributed by atoms with Gasteiger partial charge in [-0.3, -0.25) is 4.90 Å². The van der Waals surface area contributed by atoms with Gasteiger partial charge in [-0.15, -0.1) is 0 Å². The summed E-state index contributed by atoms with van der Waals surface area (Å²) in [5.74, 6) is 0.643. The summed E-state index contributed by atoms with van der Waals surface area (Å²) >= 11 is 0. The van der Waals surface area contributed by atoms with Crippen molar-refractivity contribution in [1.82, 2.24) is 9.80 Å². The van der Waals surface area contributed by atoms with Crippen LogP contribution in [0.4, 0.5) is 4.79 Å². The lowest BCUT2D eigenvalue weighted by Crippen LogP contribution is -2.55. The van der Waals surface area contributed by atoms with Crippen molar-refractivity contribution in [3.8, 4) is 0 Å². The molecule has 1 amide bonds. The first kappa shape index (κ1) is 14.4. The van der Waals surface area contributed by atoms with E-state index in [9.17, 15) is 4.79 Å². The summed E-state index contributed by atoms with van der Waals surface area (Å²) in [6.45, 7) is 4.85. The highest BCUT2D eigenvalue weighted by Crippen LogP contribution is 2.24. The van der Waals surface area contributed by atoms with E-state index >= 15 is 0 Å². The number of rotatable bonds is 4. The summed E-state index contributed by atoms with van der Waals surface area (Å²) in [4.78, 5) is 16.3. The Hall–Kier alpha value is -1.59. The SMILES string of the molecule is NCC1CN([C@H]2CCN(C(=O)OCc3ccccc3)C2)C1. The van der Waals surface area contributed by atoms with Gasteiger partial charge >= 0.3 is 6.09 Å². The van der Waals surface area contributed by atoms with Gasteiger partial charge in [0.2, 0.25) is 0 Å². The van der Waals surface area contributed by atoms with Crippen LogP contribution in [0.5, 0.6) is 0 Å². The number of benzene rings is 1. The number of nitrogens with zero attached hydrogens (tertiary/aromatic N) is 2. The summed E-state index contributed by atoms with van der Waals surface area (Å²) in [5, 5.41) is 0. The van der Waals surface area contributed by atoms with Crippen molar-refractivity contribution < 1.29 is 9.53 Å². The number of carbonyl (C=O) groups excluding carboxylic acids is 1. The molecule has 21 heavy (non-hydrogen) atoms. The lowest BCUT2D eigenvalue weighted by atomic mass is 9.97. The number of nitrogens with two attached hydrogens (primary N) is 1. The largest absolute Gasteiger partial charge is 0.445 e. The molecule has 2 heterocycles. The van der Waals surface area contributed by atoms with Crippen molar-refractivity contribution in [2.24, 2.45) is 11.7 Å². The van der Waals surface area contributed by atoms with Crippen LogP contribution in [0.3, 0.4) is 0 Å². The molecule has 5 nitrogen and oxygen atoms in total. The number of amides is 1. The molecule has 1 aromatic rings. The molecular formula is C16H23N3O2. The van der Waals surface area contributed by atoms with Gasteiger partial charge in [-0.25, -0.2) is 4.79 Å². The van der Waals surface area contributed by atoms with Crippen LogP contribution in [0, 0.1) is 5.92 Å². The van der Waals surface area contributed by atoms with Crippen LogP contribution in [0.15, 0.2) is 30.3 Å². The highest BCUT2D eigenvalue weighted by atomic mass is 16.6. The van der Waals surface area contributed by atoms with E-state index in [-0.39, 0.29) is 6.09 Å². The molecule has 3 rings (SSSR count). The lowest BCUT2D eigenvalue weighted by molar-refractivity contribution is 0.0567. The Morgan fingerprint density at radius 2 is 2.00 bits per heavy atom. The Balaban J connectivity index is 1.42. The van der Waals surface area contributed by atoms with Crippen molar-refractivity contribution >= 4 is 6.09 Å². The molecule has 0 radical (unpaired) electrons. The van der Waals surface area contributed by atoms with Gasteiger partial charge in [0, 0.05) is 32.2 Å². The van der Waals surface area contributed by atoms with E-state index in [1.54, 1.807) is 0 Å². The normalized spacial score (nSPS) is 23.1. The van der Waals surface area contributed by atoms with E-state index in [0.717, 1.165) is 44.7 Å². The predicted octanol–water partition coefficient (Wildman–Crippen LogP) is 1.29. The topological polar surface area (TPSA) is 58.8 Å². The Kier molecular flexibility index (Phi) is 4.41. The predicted molar refractivity (Wildman–Crippen MR) is 80.7 cm³/mol. The summed E-state index contributed by atoms with van der Waals surface area (Å²) in [6.07, 6.45) is 0.842. The maximum atomic E-state index is 12.1. The second-order valence-corrected chi connectivity index (χ2v) is 5.98. The molecule has 0 saturated carbocycles. The van der Waals surface area contributed by atoms with Gasteiger partial charge in [-0.1, -0.05) is 30.3 Å². The van der Waals surface area contributed by atoms with Gasteiger partial charge in [0.05, 0.1) is 0 Å². The molecule has 1 aromatic carbocycles. The molecule has 114 valence electrons. The van der Waals surface area contributed by atoms with Crippen LogP contribution in [0.25, 0.3) is 0 Å². The second kappa shape index (κ2) is 6.45. The highest BCUT2D eigenvalue weighted by molar-refractivity contribution is 5.68. The van der Waals surface area contributed by atoms with Gasteiger partial charge in [0.25, 0.3) is 0 Å². The zero-order valence-electron chi connectivity index (χ0n) is 12.3. The molecule has 2 saturated heterocycles. The zero-order valence-corrected chi connectivity index (χ0v) is 12.3. The number of ether oxygens (including phenoxy) is 1. The first-order valence-electron chi connectivity index (χ1n) is 7.66. The average Bonchev–Trinajstić information content (AvgIpc) is 2.94. The van der Waals surface area contributed by atoms with Gasteiger partial charge < -0.3 is 15.4 Å². The quantitative estimate of drug-likeness (QED) is 0.907. The third-order valence-corrected chi connectivity index (χ3v) is 4.46. The molecule has 0 aliphatic carbocycles. The van der Waals surface area contributed by atoms with E-state index < -0.39 is 0 Å². The maximum Gasteiger partial charge on any atom is 0.410 e. The van der Waals surface area contributed by atoms with Crippen LogP contribution in [0.1, 0.15) is 12.0 Å². The van der Waals surface area contributed by atoms with Gasteiger partial charge in [0.15, 0.2) is 0 Å². The second-order valence-electron chi connectivity index (χ2n) is 5.98. The average molecular weight is 289 g/mol. The third-order valence-electron chi connectivity index (χ3n) is 4.46. The molecule has 1 atom stereocenters. The van der Waals surface area contributed by atoms with Crippen molar-refractivity contribution in [1.29, 1.82) is 0 Å². The monoisotopic (exact) mass is 289 g/mol. The summed E-state index contributed by atoms with van der Waals surface area (Å²) < 4.78 is 5.38. The Morgan fingerprint density at radius 1 is 1.24 bits per heavy atom. The Morgan fingerprint density at radius 3 is 2.71 bits per heavy atom. The zero-order chi connectivity index (χ0) is 14.7.